The number of anilines is 3. The van der Waals surface area contributed by atoms with E-state index in [0.717, 1.165) is 36.6 Å². The summed E-state index contributed by atoms with van der Waals surface area (Å²) in [7, 11) is 0. The molecule has 0 aromatic heterocycles. The fourth-order valence-corrected chi connectivity index (χ4v) is 5.06. The van der Waals surface area contributed by atoms with Crippen LogP contribution in [0.15, 0.2) is 94.2 Å². The Bertz CT molecular complexity index is 1640. The molecule has 3 aromatic carbocycles. The summed E-state index contributed by atoms with van der Waals surface area (Å²) in [6.07, 6.45) is 0.461. The molecule has 3 aromatic rings. The van der Waals surface area contributed by atoms with Crippen molar-refractivity contribution >= 4 is 46.7 Å². The van der Waals surface area contributed by atoms with Crippen LogP contribution in [0.5, 0.6) is 0 Å². The monoisotopic (exact) mass is 574 g/mol. The van der Waals surface area contributed by atoms with Crippen LogP contribution in [0.1, 0.15) is 21.5 Å². The molecule has 1 saturated heterocycles. The minimum Gasteiger partial charge on any atom is -0.378 e. The number of aliphatic imine (C=N–C) groups is 2. The topological polar surface area (TPSA) is 90.7 Å². The van der Waals surface area contributed by atoms with E-state index in [-0.39, 0.29) is 10.2 Å². The van der Waals surface area contributed by atoms with Crippen LogP contribution in [-0.4, -0.2) is 50.2 Å². The highest BCUT2D eigenvalue weighted by Gasteiger charge is 2.44. The van der Waals surface area contributed by atoms with Crippen LogP contribution < -0.4 is 20.1 Å². The molecular weight excluding hydrogens is 547 g/mol. The molecule has 0 spiro atoms. The van der Waals surface area contributed by atoms with E-state index >= 15 is 0 Å². The Morgan fingerprint density at radius 1 is 1.02 bits per heavy atom. The molecule has 1 unspecified atom stereocenters. The maximum atomic E-state index is 13.2. The first-order valence-corrected chi connectivity index (χ1v) is 13.3. The molecule has 9 nitrogen and oxygen atoms in total. The second kappa shape index (κ2) is 10.9. The number of amidine groups is 1. The zero-order valence-electron chi connectivity index (χ0n) is 22.6. The Morgan fingerprint density at radius 3 is 2.55 bits per heavy atom. The fourth-order valence-electron chi connectivity index (χ4n) is 5.06. The van der Waals surface area contributed by atoms with Gasteiger partial charge in [-0.2, -0.15) is 18.2 Å². The van der Waals surface area contributed by atoms with Gasteiger partial charge in [-0.05, 0) is 60.6 Å². The number of halogens is 3. The van der Waals surface area contributed by atoms with Crippen molar-refractivity contribution in [1.82, 2.24) is 4.59 Å². The first-order valence-electron chi connectivity index (χ1n) is 13.3. The number of carbonyl (C=O) groups excluding carboxylic acids is 1. The van der Waals surface area contributed by atoms with Crippen LogP contribution >= 0.6 is 0 Å². The lowest BCUT2D eigenvalue weighted by Crippen LogP contribution is -2.44. The summed E-state index contributed by atoms with van der Waals surface area (Å²) in [5.74, 6) is 0.258. The van der Waals surface area contributed by atoms with Gasteiger partial charge in [-0.3, -0.25) is 9.79 Å². The minimum atomic E-state index is -4.55. The summed E-state index contributed by atoms with van der Waals surface area (Å²) < 4.78 is 44.9. The van der Waals surface area contributed by atoms with E-state index in [4.69, 9.17) is 9.84 Å². The Morgan fingerprint density at radius 2 is 1.79 bits per heavy atom. The van der Waals surface area contributed by atoms with Gasteiger partial charge in [0, 0.05) is 47.3 Å². The highest BCUT2D eigenvalue weighted by atomic mass is 19.4. The van der Waals surface area contributed by atoms with Gasteiger partial charge < -0.3 is 20.3 Å². The predicted octanol–water partition coefficient (Wildman–Crippen LogP) is 5.76. The molecule has 3 aliphatic heterocycles. The first-order chi connectivity index (χ1) is 20.2. The molecule has 0 radical (unpaired) electrons. The van der Waals surface area contributed by atoms with Crippen LogP contribution in [0.25, 0.3) is 0 Å². The molecule has 0 bridgehead atoms. The van der Waals surface area contributed by atoms with Crippen LogP contribution in [-0.2, 0) is 10.9 Å². The molecule has 12 heteroatoms. The van der Waals surface area contributed by atoms with Gasteiger partial charge in [-0.15, -0.1) is 0 Å². The number of hydrogen-bond donors (Lipinski definition) is 2. The smallest absolute Gasteiger partial charge is 0.378 e. The number of nitrogens with zero attached hydrogens (tertiary/aromatic N) is 5. The zero-order valence-corrected chi connectivity index (χ0v) is 22.6. The number of benzene rings is 3. The van der Waals surface area contributed by atoms with Crippen molar-refractivity contribution in [3.05, 3.63) is 95.8 Å². The predicted molar refractivity (Wildman–Crippen MR) is 158 cm³/mol. The average molecular weight is 575 g/mol. The summed E-state index contributed by atoms with van der Waals surface area (Å²) in [5.41, 5.74) is 2.74. The van der Waals surface area contributed by atoms with Crippen LogP contribution in [0.2, 0.25) is 0 Å². The second-order valence-corrected chi connectivity index (χ2v) is 9.91. The fraction of sp³-hybridized carbons (Fsp3) is 0.200. The van der Waals surface area contributed by atoms with Crippen LogP contribution in [0, 0.1) is 6.92 Å². The van der Waals surface area contributed by atoms with Crippen LogP contribution in [0.3, 0.4) is 0 Å². The van der Waals surface area contributed by atoms with Crippen molar-refractivity contribution < 1.29 is 22.7 Å². The van der Waals surface area contributed by atoms with Gasteiger partial charge in [0.05, 0.1) is 25.0 Å². The third-order valence-electron chi connectivity index (χ3n) is 7.25. The lowest BCUT2D eigenvalue weighted by molar-refractivity contribution is -0.137. The van der Waals surface area contributed by atoms with Crippen LogP contribution in [0.4, 0.5) is 35.9 Å². The molecule has 3 aliphatic rings. The number of hydrogen-bond acceptors (Lipinski definition) is 7. The van der Waals surface area contributed by atoms with Crippen molar-refractivity contribution in [2.45, 2.75) is 13.1 Å². The Labute approximate surface area is 239 Å². The first kappa shape index (κ1) is 27.4. The maximum absolute atomic E-state index is 13.2. The Balaban J connectivity index is 1.26. The maximum Gasteiger partial charge on any atom is 0.416 e. The molecule has 0 saturated carbocycles. The summed E-state index contributed by atoms with van der Waals surface area (Å²) in [6, 6.07) is 17.6. The van der Waals surface area contributed by atoms with Gasteiger partial charge >= 0.3 is 6.18 Å². The zero-order chi connectivity index (χ0) is 29.3. The number of rotatable bonds is 5. The highest BCUT2D eigenvalue weighted by molar-refractivity contribution is 6.38. The molecule has 1 fully saturated rings. The number of alkyl halides is 3. The van der Waals surface area contributed by atoms with E-state index in [1.807, 2.05) is 37.3 Å². The molecule has 214 valence electrons. The highest BCUT2D eigenvalue weighted by Crippen LogP contribution is 2.37. The average Bonchev–Trinajstić information content (AvgIpc) is 3.37. The lowest BCUT2D eigenvalue weighted by Gasteiger charge is -2.28. The molecule has 42 heavy (non-hydrogen) atoms. The number of quaternary nitrogens is 1. The van der Waals surface area contributed by atoms with E-state index in [0.29, 0.717) is 41.9 Å². The van der Waals surface area contributed by atoms with Crippen molar-refractivity contribution in [3.8, 4) is 0 Å². The van der Waals surface area contributed by atoms with E-state index in [1.54, 1.807) is 30.7 Å². The largest absolute Gasteiger partial charge is 0.416 e. The molecular formula is C30H27F3N7O2+. The Kier molecular flexibility index (Phi) is 7.09. The van der Waals surface area contributed by atoms with Crippen molar-refractivity contribution in [3.63, 3.8) is 0 Å². The number of ether oxygens (including phenoxy) is 1. The number of fused-ring (bicyclic) bond motifs is 1. The quantitative estimate of drug-likeness (QED) is 0.379. The molecule has 6 rings (SSSR count). The number of carbonyl (C=O) groups is 1. The number of morpholine rings is 1. The van der Waals surface area contributed by atoms with Crippen molar-refractivity contribution in [1.29, 1.82) is 0 Å². The second-order valence-electron chi connectivity index (χ2n) is 9.91. The third-order valence-corrected chi connectivity index (χ3v) is 7.25. The standard InChI is InChI=1S/C30H26F3N7O2/c1-20-25(36-28(41)21-4-2-5-22(18-21)30(31,32)33)6-3-7-26(20)40-15-12-34-19-27(40)37-29(38-40)35-23-8-10-24(11-9-23)39-13-16-42-17-14-39/h2-12,15,18-19H,13-14,16-17H2,1H3,(H-,35,36,38,41)/p+1. The van der Waals surface area contributed by atoms with Crippen molar-refractivity contribution in [2.24, 2.45) is 15.1 Å². The molecule has 2 N–H and O–H groups in total. The normalized spacial score (nSPS) is 19.7. The van der Waals surface area contributed by atoms with Gasteiger partial charge in [0.15, 0.2) is 11.9 Å². The summed E-state index contributed by atoms with van der Waals surface area (Å²) >= 11 is 0. The molecule has 1 amide bonds. The van der Waals surface area contributed by atoms with E-state index in [9.17, 15) is 18.0 Å². The van der Waals surface area contributed by atoms with E-state index in [2.05, 4.69) is 25.5 Å². The number of amides is 1. The molecule has 0 aliphatic carbocycles. The van der Waals surface area contributed by atoms with Crippen molar-refractivity contribution in [2.75, 3.05) is 41.8 Å². The van der Waals surface area contributed by atoms with Gasteiger partial charge in [0.25, 0.3) is 17.7 Å². The third kappa shape index (κ3) is 5.29. The summed E-state index contributed by atoms with van der Waals surface area (Å²) in [6.45, 7) is 4.92. The lowest BCUT2D eigenvalue weighted by atomic mass is 10.1. The van der Waals surface area contributed by atoms with Gasteiger partial charge in [-0.25, -0.2) is 0 Å². The Hall–Kier alpha value is -4.81. The molecule has 1 atom stereocenters. The van der Waals surface area contributed by atoms with Gasteiger partial charge in [0.2, 0.25) is 0 Å². The number of guanidine groups is 1. The minimum absolute atomic E-state index is 0.0979. The van der Waals surface area contributed by atoms with Gasteiger partial charge in [-0.1, -0.05) is 16.7 Å². The molecule has 3 heterocycles. The number of nitrogens with one attached hydrogen (secondary N) is 2. The summed E-state index contributed by atoms with van der Waals surface area (Å²) in [5, 5.41) is 10.9. The van der Waals surface area contributed by atoms with Gasteiger partial charge in [0.1, 0.15) is 6.21 Å². The van der Waals surface area contributed by atoms with E-state index in [1.165, 1.54) is 12.1 Å². The van der Waals surface area contributed by atoms with E-state index < -0.39 is 17.6 Å². The summed E-state index contributed by atoms with van der Waals surface area (Å²) in [4.78, 5) is 24.1. The SMILES string of the molecule is Cc1c(NC(=O)c2cccc(C(F)(F)F)c2)cccc1[N+]12C=CN=CC1=NC(Nc1ccc(N3CCOCC3)cc1)=N2.